The number of amides is 2. The molecule has 0 aliphatic rings. The highest BCUT2D eigenvalue weighted by Crippen LogP contribution is 2.16. The summed E-state index contributed by atoms with van der Waals surface area (Å²) >= 11 is 0. The summed E-state index contributed by atoms with van der Waals surface area (Å²) in [6.07, 6.45) is 3.97. The van der Waals surface area contributed by atoms with Crippen LogP contribution in [0.25, 0.3) is 10.9 Å². The number of nitrogens with zero attached hydrogens (tertiary/aromatic N) is 1. The monoisotopic (exact) mass is 285 g/mol. The van der Waals surface area contributed by atoms with Crippen molar-refractivity contribution in [3.05, 3.63) is 42.1 Å². The molecule has 0 radical (unpaired) electrons. The molecule has 0 spiro atoms. The number of pyridine rings is 1. The third-order valence-electron chi connectivity index (χ3n) is 3.37. The van der Waals surface area contributed by atoms with Crippen molar-refractivity contribution in [3.63, 3.8) is 0 Å². The van der Waals surface area contributed by atoms with Gasteiger partial charge in [-0.3, -0.25) is 14.6 Å². The first-order valence-electron chi connectivity index (χ1n) is 7.07. The number of carbonyl (C=O) groups is 2. The minimum absolute atomic E-state index is 0.320. The van der Waals surface area contributed by atoms with E-state index in [2.05, 4.69) is 10.3 Å². The van der Waals surface area contributed by atoms with E-state index in [0.717, 1.165) is 18.2 Å². The zero-order chi connectivity index (χ0) is 15.2. The van der Waals surface area contributed by atoms with Crippen LogP contribution in [0.4, 0.5) is 0 Å². The number of hydrogen-bond acceptors (Lipinski definition) is 3. The van der Waals surface area contributed by atoms with Crippen molar-refractivity contribution in [1.82, 2.24) is 10.3 Å². The van der Waals surface area contributed by atoms with E-state index in [1.165, 1.54) is 0 Å². The molecule has 0 saturated heterocycles. The molecule has 1 atom stereocenters. The van der Waals surface area contributed by atoms with Crippen molar-refractivity contribution in [2.45, 2.75) is 32.2 Å². The summed E-state index contributed by atoms with van der Waals surface area (Å²) in [4.78, 5) is 28.0. The smallest absolute Gasteiger partial charge is 0.254 e. The fourth-order valence-electron chi connectivity index (χ4n) is 2.22. The second-order valence-electron chi connectivity index (χ2n) is 4.95. The Hall–Kier alpha value is -2.43. The highest BCUT2D eigenvalue weighted by Gasteiger charge is 2.19. The number of fused-ring (bicyclic) bond motifs is 1. The summed E-state index contributed by atoms with van der Waals surface area (Å²) < 4.78 is 0. The van der Waals surface area contributed by atoms with Gasteiger partial charge in [0.15, 0.2) is 0 Å². The van der Waals surface area contributed by atoms with E-state index in [-0.39, 0.29) is 5.91 Å². The lowest BCUT2D eigenvalue weighted by molar-refractivity contribution is -0.120. The SMILES string of the molecule is CCCC[C@H](NC(=O)c1cccc2cccnc12)C(N)=O. The van der Waals surface area contributed by atoms with Crippen molar-refractivity contribution in [3.8, 4) is 0 Å². The molecule has 3 N–H and O–H groups in total. The molecule has 1 aromatic carbocycles. The molecule has 1 heterocycles. The van der Waals surface area contributed by atoms with Crippen LogP contribution in [0.5, 0.6) is 0 Å². The highest BCUT2D eigenvalue weighted by atomic mass is 16.2. The van der Waals surface area contributed by atoms with E-state index in [1.807, 2.05) is 25.1 Å². The molecule has 0 unspecified atom stereocenters. The fraction of sp³-hybridized carbons (Fsp3) is 0.312. The minimum Gasteiger partial charge on any atom is -0.368 e. The Kier molecular flexibility index (Phi) is 4.87. The number of aromatic nitrogens is 1. The Morgan fingerprint density at radius 1 is 1.29 bits per heavy atom. The molecule has 5 heteroatoms. The maximum Gasteiger partial charge on any atom is 0.254 e. The molecule has 0 bridgehead atoms. The highest BCUT2D eigenvalue weighted by molar-refractivity contribution is 6.06. The molecule has 21 heavy (non-hydrogen) atoms. The first kappa shape index (κ1) is 15.0. The van der Waals surface area contributed by atoms with Crippen LogP contribution in [0, 0.1) is 0 Å². The lowest BCUT2D eigenvalue weighted by Crippen LogP contribution is -2.44. The van der Waals surface area contributed by atoms with Crippen LogP contribution in [0.3, 0.4) is 0 Å². The van der Waals surface area contributed by atoms with Gasteiger partial charge < -0.3 is 11.1 Å². The molecule has 2 amide bonds. The first-order chi connectivity index (χ1) is 10.1. The van der Waals surface area contributed by atoms with Gasteiger partial charge >= 0.3 is 0 Å². The summed E-state index contributed by atoms with van der Waals surface area (Å²) in [5, 5.41) is 3.59. The topological polar surface area (TPSA) is 85.1 Å². The molecular formula is C16H19N3O2. The van der Waals surface area contributed by atoms with E-state index < -0.39 is 11.9 Å². The quantitative estimate of drug-likeness (QED) is 0.851. The summed E-state index contributed by atoms with van der Waals surface area (Å²) in [5.41, 5.74) is 6.42. The standard InChI is InChI=1S/C16H19N3O2/c1-2-3-9-13(15(17)20)19-16(21)12-8-4-6-11-7-5-10-18-14(11)12/h4-8,10,13H,2-3,9H2,1H3,(H2,17,20)(H,19,21)/t13-/m0/s1. The molecule has 0 fully saturated rings. The van der Waals surface area contributed by atoms with Crippen molar-refractivity contribution < 1.29 is 9.59 Å². The van der Waals surface area contributed by atoms with E-state index in [1.54, 1.807) is 18.3 Å². The Labute approximate surface area is 123 Å². The molecule has 110 valence electrons. The Morgan fingerprint density at radius 3 is 2.76 bits per heavy atom. The predicted octanol–water partition coefficient (Wildman–Crippen LogP) is 2.01. The van der Waals surface area contributed by atoms with Crippen molar-refractivity contribution in [2.24, 2.45) is 5.73 Å². The van der Waals surface area contributed by atoms with E-state index in [0.29, 0.717) is 17.5 Å². The summed E-state index contributed by atoms with van der Waals surface area (Å²) in [7, 11) is 0. The minimum atomic E-state index is -0.642. The van der Waals surface area contributed by atoms with Gasteiger partial charge in [0, 0.05) is 11.6 Å². The Bertz CT molecular complexity index is 650. The zero-order valence-corrected chi connectivity index (χ0v) is 12.0. The van der Waals surface area contributed by atoms with Crippen LogP contribution in [-0.4, -0.2) is 22.8 Å². The summed E-state index contributed by atoms with van der Waals surface area (Å²) in [5.74, 6) is -0.829. The van der Waals surface area contributed by atoms with Gasteiger partial charge in [0.2, 0.25) is 5.91 Å². The number of hydrogen-bond donors (Lipinski definition) is 2. The lowest BCUT2D eigenvalue weighted by atomic mass is 10.1. The van der Waals surface area contributed by atoms with E-state index >= 15 is 0 Å². The largest absolute Gasteiger partial charge is 0.368 e. The second-order valence-corrected chi connectivity index (χ2v) is 4.95. The number of unbranched alkanes of at least 4 members (excludes halogenated alkanes) is 1. The van der Waals surface area contributed by atoms with Gasteiger partial charge in [-0.05, 0) is 18.6 Å². The molecular weight excluding hydrogens is 266 g/mol. The average Bonchev–Trinajstić information content (AvgIpc) is 2.50. The predicted molar refractivity (Wildman–Crippen MR) is 81.7 cm³/mol. The average molecular weight is 285 g/mol. The molecule has 2 aromatic rings. The fourth-order valence-corrected chi connectivity index (χ4v) is 2.22. The molecule has 0 aliphatic carbocycles. The number of rotatable bonds is 6. The summed E-state index contributed by atoms with van der Waals surface area (Å²) in [6.45, 7) is 2.02. The van der Waals surface area contributed by atoms with Crippen molar-refractivity contribution in [1.29, 1.82) is 0 Å². The number of primary amides is 1. The van der Waals surface area contributed by atoms with Gasteiger partial charge in [-0.15, -0.1) is 0 Å². The lowest BCUT2D eigenvalue weighted by Gasteiger charge is -2.15. The van der Waals surface area contributed by atoms with E-state index in [4.69, 9.17) is 5.73 Å². The van der Waals surface area contributed by atoms with E-state index in [9.17, 15) is 9.59 Å². The number of benzene rings is 1. The maximum absolute atomic E-state index is 12.4. The number of nitrogens with one attached hydrogen (secondary N) is 1. The normalized spacial score (nSPS) is 12.0. The van der Waals surface area contributed by atoms with Gasteiger partial charge in [0.05, 0.1) is 11.1 Å². The molecule has 5 nitrogen and oxygen atoms in total. The zero-order valence-electron chi connectivity index (χ0n) is 12.0. The van der Waals surface area contributed by atoms with Crippen molar-refractivity contribution in [2.75, 3.05) is 0 Å². The Balaban J connectivity index is 2.23. The molecule has 0 saturated carbocycles. The second kappa shape index (κ2) is 6.83. The maximum atomic E-state index is 12.4. The van der Waals surface area contributed by atoms with Gasteiger partial charge in [0.1, 0.15) is 6.04 Å². The van der Waals surface area contributed by atoms with Crippen LogP contribution in [-0.2, 0) is 4.79 Å². The van der Waals surface area contributed by atoms with Crippen LogP contribution in [0.2, 0.25) is 0 Å². The summed E-state index contributed by atoms with van der Waals surface area (Å²) in [6, 6.07) is 8.45. The molecule has 0 aliphatic heterocycles. The van der Waals surface area contributed by atoms with Gasteiger partial charge in [-0.25, -0.2) is 0 Å². The van der Waals surface area contributed by atoms with Gasteiger partial charge in [-0.2, -0.15) is 0 Å². The number of para-hydroxylation sites is 1. The van der Waals surface area contributed by atoms with Crippen LogP contribution in [0.1, 0.15) is 36.5 Å². The first-order valence-corrected chi connectivity index (χ1v) is 7.07. The number of carbonyl (C=O) groups excluding carboxylic acids is 2. The van der Waals surface area contributed by atoms with Gasteiger partial charge in [0.25, 0.3) is 5.91 Å². The Morgan fingerprint density at radius 2 is 2.05 bits per heavy atom. The van der Waals surface area contributed by atoms with Crippen LogP contribution < -0.4 is 11.1 Å². The van der Waals surface area contributed by atoms with Gasteiger partial charge in [-0.1, -0.05) is 38.0 Å². The third-order valence-corrected chi connectivity index (χ3v) is 3.37. The number of nitrogens with two attached hydrogens (primary N) is 1. The molecule has 1 aromatic heterocycles. The van der Waals surface area contributed by atoms with Crippen LogP contribution >= 0.6 is 0 Å². The van der Waals surface area contributed by atoms with Crippen LogP contribution in [0.15, 0.2) is 36.5 Å². The molecule has 2 rings (SSSR count). The third kappa shape index (κ3) is 3.56. The van der Waals surface area contributed by atoms with Crippen molar-refractivity contribution >= 4 is 22.7 Å².